The first-order chi connectivity index (χ1) is 16.5. The largest absolute Gasteiger partial charge is 0.481 e. The van der Waals surface area contributed by atoms with Crippen LogP contribution in [0.15, 0.2) is 48.5 Å². The van der Waals surface area contributed by atoms with Crippen molar-refractivity contribution in [1.82, 2.24) is 10.2 Å². The van der Waals surface area contributed by atoms with Gasteiger partial charge in [0, 0.05) is 36.4 Å². The van der Waals surface area contributed by atoms with Crippen molar-refractivity contribution in [2.75, 3.05) is 31.2 Å². The number of hydrogen-bond acceptors (Lipinski definition) is 5. The standard InChI is InChI=1S/C26H30N2O5S/c1-17(25(31)28-12-13-34-16-18(28)14-24(29)30)10-11-27-26(32)33-15-23-21-8-4-2-6-19(21)20-7-3-5-9-22(20)23/h2-9,17-18,23H,10-16H2,1H3,(H,27,32)(H,29,30). The van der Waals surface area contributed by atoms with Crippen LogP contribution in [-0.4, -0.2) is 65.2 Å². The van der Waals surface area contributed by atoms with Crippen LogP contribution in [0.3, 0.4) is 0 Å². The van der Waals surface area contributed by atoms with Crippen LogP contribution in [0.4, 0.5) is 4.79 Å². The Bertz CT molecular complexity index is 1010. The highest BCUT2D eigenvalue weighted by atomic mass is 32.2. The number of hydrogen-bond donors (Lipinski definition) is 2. The molecule has 34 heavy (non-hydrogen) atoms. The first-order valence-corrected chi connectivity index (χ1v) is 12.8. The number of ether oxygens (including phenoxy) is 1. The lowest BCUT2D eigenvalue weighted by atomic mass is 9.98. The summed E-state index contributed by atoms with van der Waals surface area (Å²) in [6, 6.07) is 16.1. The zero-order valence-electron chi connectivity index (χ0n) is 19.2. The summed E-state index contributed by atoms with van der Waals surface area (Å²) in [6.45, 7) is 2.94. The SMILES string of the molecule is CC(CCNC(=O)OCC1c2ccccc2-c2ccccc21)C(=O)N1CCSCC1CC(=O)O. The highest BCUT2D eigenvalue weighted by Gasteiger charge is 2.32. The molecule has 2 atom stereocenters. The molecule has 1 heterocycles. The fourth-order valence-corrected chi connectivity index (χ4v) is 5.82. The van der Waals surface area contributed by atoms with E-state index in [1.165, 1.54) is 11.1 Å². The third-order valence-corrected chi connectivity index (χ3v) is 7.62. The third kappa shape index (κ3) is 5.38. The van der Waals surface area contributed by atoms with Crippen molar-refractivity contribution in [3.8, 4) is 11.1 Å². The molecule has 0 saturated carbocycles. The lowest BCUT2D eigenvalue weighted by molar-refractivity contribution is -0.142. The second-order valence-corrected chi connectivity index (χ2v) is 9.95. The number of amides is 2. The van der Waals surface area contributed by atoms with Crippen LogP contribution in [0, 0.1) is 5.92 Å². The highest BCUT2D eigenvalue weighted by Crippen LogP contribution is 2.44. The summed E-state index contributed by atoms with van der Waals surface area (Å²) in [6.07, 6.45) is -0.0738. The maximum Gasteiger partial charge on any atom is 0.407 e. The number of aliphatic carboxylic acids is 1. The average molecular weight is 483 g/mol. The van der Waals surface area contributed by atoms with Crippen molar-refractivity contribution in [2.24, 2.45) is 5.92 Å². The number of nitrogens with zero attached hydrogens (tertiary/aromatic N) is 1. The Morgan fingerprint density at radius 1 is 1.12 bits per heavy atom. The number of thioether (sulfide) groups is 1. The second-order valence-electron chi connectivity index (χ2n) is 8.80. The first-order valence-electron chi connectivity index (χ1n) is 11.6. The predicted octanol–water partition coefficient (Wildman–Crippen LogP) is 3.97. The summed E-state index contributed by atoms with van der Waals surface area (Å²) in [5.41, 5.74) is 4.67. The fraction of sp³-hybridized carbons (Fsp3) is 0.423. The Labute approximate surface area is 203 Å². The molecule has 0 bridgehead atoms. The molecule has 2 aromatic carbocycles. The summed E-state index contributed by atoms with van der Waals surface area (Å²) >= 11 is 1.68. The number of carbonyl (C=O) groups excluding carboxylic acids is 2. The van der Waals surface area contributed by atoms with E-state index in [-0.39, 0.29) is 36.8 Å². The number of carboxylic acid groups (broad SMARTS) is 1. The van der Waals surface area contributed by atoms with Gasteiger partial charge < -0.3 is 20.1 Å². The molecule has 7 nitrogen and oxygen atoms in total. The van der Waals surface area contributed by atoms with E-state index >= 15 is 0 Å². The van der Waals surface area contributed by atoms with Gasteiger partial charge in [-0.15, -0.1) is 0 Å². The molecule has 180 valence electrons. The van der Waals surface area contributed by atoms with Gasteiger partial charge in [-0.1, -0.05) is 55.5 Å². The van der Waals surface area contributed by atoms with Crippen molar-refractivity contribution in [2.45, 2.75) is 31.7 Å². The average Bonchev–Trinajstić information content (AvgIpc) is 3.16. The number of nitrogens with one attached hydrogen (secondary N) is 1. The predicted molar refractivity (Wildman–Crippen MR) is 132 cm³/mol. The third-order valence-electron chi connectivity index (χ3n) is 6.53. The lowest BCUT2D eigenvalue weighted by Crippen LogP contribution is -2.49. The van der Waals surface area contributed by atoms with Crippen LogP contribution in [0.25, 0.3) is 11.1 Å². The van der Waals surface area contributed by atoms with Crippen LogP contribution < -0.4 is 5.32 Å². The molecule has 0 radical (unpaired) electrons. The molecule has 0 aromatic heterocycles. The number of carbonyl (C=O) groups is 3. The summed E-state index contributed by atoms with van der Waals surface area (Å²) in [7, 11) is 0. The zero-order valence-corrected chi connectivity index (χ0v) is 20.1. The van der Waals surface area contributed by atoms with E-state index in [9.17, 15) is 14.4 Å². The molecule has 2 unspecified atom stereocenters. The zero-order chi connectivity index (χ0) is 24.1. The normalized spacial score (nSPS) is 18.0. The highest BCUT2D eigenvalue weighted by molar-refractivity contribution is 7.99. The van der Waals surface area contributed by atoms with Gasteiger partial charge in [-0.2, -0.15) is 11.8 Å². The number of fused-ring (bicyclic) bond motifs is 3. The molecule has 2 amide bonds. The van der Waals surface area contributed by atoms with Crippen LogP contribution in [0.5, 0.6) is 0 Å². The Kier molecular flexibility index (Phi) is 7.77. The van der Waals surface area contributed by atoms with E-state index < -0.39 is 12.1 Å². The van der Waals surface area contributed by atoms with Crippen molar-refractivity contribution in [3.05, 3.63) is 59.7 Å². The van der Waals surface area contributed by atoms with Gasteiger partial charge in [0.1, 0.15) is 6.61 Å². The number of alkyl carbamates (subject to hydrolysis) is 1. The van der Waals surface area contributed by atoms with E-state index in [0.717, 1.165) is 16.9 Å². The van der Waals surface area contributed by atoms with Gasteiger partial charge in [-0.05, 0) is 28.7 Å². The molecular weight excluding hydrogens is 452 g/mol. The minimum atomic E-state index is -0.894. The molecule has 2 aliphatic rings. The van der Waals surface area contributed by atoms with Gasteiger partial charge in [0.2, 0.25) is 5.91 Å². The first kappa shape index (κ1) is 24.1. The van der Waals surface area contributed by atoms with E-state index in [1.807, 2.05) is 31.2 Å². The van der Waals surface area contributed by atoms with Crippen molar-refractivity contribution < 1.29 is 24.2 Å². The van der Waals surface area contributed by atoms with Crippen LogP contribution in [0.2, 0.25) is 0 Å². The Morgan fingerprint density at radius 3 is 2.41 bits per heavy atom. The molecule has 1 aliphatic carbocycles. The maximum absolute atomic E-state index is 12.9. The molecular formula is C26H30N2O5S. The summed E-state index contributed by atoms with van der Waals surface area (Å²) < 4.78 is 5.55. The van der Waals surface area contributed by atoms with Crippen molar-refractivity contribution in [3.63, 3.8) is 0 Å². The van der Waals surface area contributed by atoms with Gasteiger partial charge in [0.15, 0.2) is 0 Å². The quantitative estimate of drug-likeness (QED) is 0.591. The van der Waals surface area contributed by atoms with E-state index in [4.69, 9.17) is 9.84 Å². The van der Waals surface area contributed by atoms with E-state index in [0.29, 0.717) is 25.3 Å². The van der Waals surface area contributed by atoms with Gasteiger partial charge in [0.05, 0.1) is 12.5 Å². The second kappa shape index (κ2) is 11.0. The fourth-order valence-electron chi connectivity index (χ4n) is 4.76. The Morgan fingerprint density at radius 2 is 1.76 bits per heavy atom. The number of carboxylic acids is 1. The molecule has 4 rings (SSSR count). The summed E-state index contributed by atoms with van der Waals surface area (Å²) in [4.78, 5) is 38.1. The molecule has 8 heteroatoms. The van der Waals surface area contributed by atoms with Crippen LogP contribution >= 0.6 is 11.8 Å². The monoisotopic (exact) mass is 482 g/mol. The van der Waals surface area contributed by atoms with E-state index in [2.05, 4.69) is 29.6 Å². The lowest BCUT2D eigenvalue weighted by Gasteiger charge is -2.36. The molecule has 1 saturated heterocycles. The smallest absolute Gasteiger partial charge is 0.407 e. The molecule has 1 fully saturated rings. The molecule has 2 N–H and O–H groups in total. The van der Waals surface area contributed by atoms with Crippen LogP contribution in [0.1, 0.15) is 36.8 Å². The molecule has 1 aliphatic heterocycles. The molecule has 2 aromatic rings. The number of rotatable bonds is 8. The van der Waals surface area contributed by atoms with Crippen molar-refractivity contribution in [1.29, 1.82) is 0 Å². The van der Waals surface area contributed by atoms with Gasteiger partial charge >= 0.3 is 12.1 Å². The topological polar surface area (TPSA) is 95.9 Å². The minimum absolute atomic E-state index is 0.00166. The van der Waals surface area contributed by atoms with Gasteiger partial charge in [-0.25, -0.2) is 4.79 Å². The number of benzene rings is 2. The van der Waals surface area contributed by atoms with Gasteiger partial charge in [0.25, 0.3) is 0 Å². The van der Waals surface area contributed by atoms with Crippen LogP contribution in [-0.2, 0) is 14.3 Å². The van der Waals surface area contributed by atoms with Crippen molar-refractivity contribution >= 4 is 29.7 Å². The Balaban J connectivity index is 1.26. The molecule has 0 spiro atoms. The Hall–Kier alpha value is -3.00. The minimum Gasteiger partial charge on any atom is -0.481 e. The van der Waals surface area contributed by atoms with Gasteiger partial charge in [-0.3, -0.25) is 9.59 Å². The maximum atomic E-state index is 12.9. The summed E-state index contributed by atoms with van der Waals surface area (Å²) in [5.74, 6) is 0.195. The van der Waals surface area contributed by atoms with E-state index in [1.54, 1.807) is 16.7 Å². The summed E-state index contributed by atoms with van der Waals surface area (Å²) in [5, 5.41) is 11.9.